The highest BCUT2D eigenvalue weighted by atomic mass is 32.1. The number of thiazole rings is 1. The Balaban J connectivity index is 1.48. The van der Waals surface area contributed by atoms with Crippen LogP contribution >= 0.6 is 11.3 Å². The second-order valence-corrected chi connectivity index (χ2v) is 8.91. The molecule has 1 aromatic heterocycles. The Morgan fingerprint density at radius 3 is 2.66 bits per heavy atom. The molecule has 0 spiro atoms. The number of hydrogen-bond donors (Lipinski definition) is 0. The van der Waals surface area contributed by atoms with E-state index in [4.69, 9.17) is 4.74 Å². The average molecular weight is 413 g/mol. The van der Waals surface area contributed by atoms with Gasteiger partial charge in [0.05, 0.1) is 13.2 Å². The third-order valence-corrected chi connectivity index (χ3v) is 6.81. The van der Waals surface area contributed by atoms with Crippen molar-refractivity contribution in [2.24, 2.45) is 5.92 Å². The van der Waals surface area contributed by atoms with E-state index in [1.54, 1.807) is 12.3 Å². The number of nitrogens with zero attached hydrogens (tertiary/aromatic N) is 2. The van der Waals surface area contributed by atoms with Gasteiger partial charge in [-0.05, 0) is 37.7 Å². The van der Waals surface area contributed by atoms with Gasteiger partial charge in [-0.25, -0.2) is 9.78 Å². The largest absolute Gasteiger partial charge is 0.461 e. The maximum absolute atomic E-state index is 13.4. The second-order valence-electron chi connectivity index (χ2n) is 7.96. The maximum atomic E-state index is 13.4. The zero-order chi connectivity index (χ0) is 20.2. The molecule has 2 unspecified atom stereocenters. The van der Waals surface area contributed by atoms with E-state index >= 15 is 0 Å². The number of hydrogen-bond acceptors (Lipinski definition) is 5. The predicted octanol–water partition coefficient (Wildman–Crippen LogP) is 4.78. The molecular formula is C23H28N2O3S. The molecule has 0 radical (unpaired) electrons. The van der Waals surface area contributed by atoms with Gasteiger partial charge < -0.3 is 9.64 Å². The number of ether oxygens (including phenoxy) is 1. The summed E-state index contributed by atoms with van der Waals surface area (Å²) in [5, 5.41) is 2.55. The lowest BCUT2D eigenvalue weighted by molar-refractivity contribution is -0.136. The summed E-state index contributed by atoms with van der Waals surface area (Å²) in [6, 6.07) is 10.6. The summed E-state index contributed by atoms with van der Waals surface area (Å²) in [6.45, 7) is 2.61. The molecule has 0 bridgehead atoms. The molecule has 0 aliphatic heterocycles. The summed E-state index contributed by atoms with van der Waals surface area (Å²) in [5.74, 6) is 0.264. The number of amides is 1. The summed E-state index contributed by atoms with van der Waals surface area (Å²) in [5.41, 5.74) is 1.60. The van der Waals surface area contributed by atoms with Gasteiger partial charge in [0.1, 0.15) is 5.01 Å². The van der Waals surface area contributed by atoms with Gasteiger partial charge in [-0.15, -0.1) is 11.3 Å². The van der Waals surface area contributed by atoms with Gasteiger partial charge in [0.25, 0.3) is 0 Å². The summed E-state index contributed by atoms with van der Waals surface area (Å²) in [6.07, 6.45) is 6.65. The molecule has 1 amide bonds. The van der Waals surface area contributed by atoms with Gasteiger partial charge in [0, 0.05) is 17.3 Å². The van der Waals surface area contributed by atoms with Crippen LogP contribution in [-0.4, -0.2) is 34.4 Å². The first-order valence-corrected chi connectivity index (χ1v) is 11.5. The molecule has 6 heteroatoms. The van der Waals surface area contributed by atoms with Gasteiger partial charge in [-0.1, -0.05) is 49.6 Å². The first kappa shape index (κ1) is 20.1. The van der Waals surface area contributed by atoms with Gasteiger partial charge >= 0.3 is 5.97 Å². The standard InChI is InChI=1S/C23H28N2O3S/c1-2-28-23(27)20-15-29-21(24-20)14-25(17-11-7-4-8-12-17)22(26)19-13-18(19)16-9-5-3-6-10-16/h3,5-6,9-10,15,17-19H,2,4,7-8,11-14H2,1H3. The van der Waals surface area contributed by atoms with Crippen molar-refractivity contribution in [3.05, 3.63) is 52.0 Å². The van der Waals surface area contributed by atoms with E-state index in [1.807, 2.05) is 18.2 Å². The van der Waals surface area contributed by atoms with Crippen LogP contribution in [-0.2, 0) is 16.1 Å². The van der Waals surface area contributed by atoms with Crippen LogP contribution in [0.25, 0.3) is 0 Å². The van der Waals surface area contributed by atoms with Crippen LogP contribution in [0.2, 0.25) is 0 Å². The van der Waals surface area contributed by atoms with Crippen LogP contribution in [0, 0.1) is 5.92 Å². The van der Waals surface area contributed by atoms with E-state index in [1.165, 1.54) is 36.2 Å². The van der Waals surface area contributed by atoms with Crippen molar-refractivity contribution in [1.82, 2.24) is 9.88 Å². The minimum atomic E-state index is -0.392. The fraction of sp³-hybridized carbons (Fsp3) is 0.522. The highest BCUT2D eigenvalue weighted by molar-refractivity contribution is 7.09. The lowest BCUT2D eigenvalue weighted by Gasteiger charge is -2.34. The van der Waals surface area contributed by atoms with Crippen molar-refractivity contribution in [3.8, 4) is 0 Å². The van der Waals surface area contributed by atoms with Crippen LogP contribution in [0.15, 0.2) is 35.7 Å². The zero-order valence-corrected chi connectivity index (χ0v) is 17.7. The molecule has 2 aliphatic rings. The molecule has 1 aromatic carbocycles. The fourth-order valence-electron chi connectivity index (χ4n) is 4.36. The van der Waals surface area contributed by atoms with Gasteiger partial charge in [0.2, 0.25) is 5.91 Å². The number of carbonyl (C=O) groups is 2. The van der Waals surface area contributed by atoms with Gasteiger partial charge in [-0.3, -0.25) is 4.79 Å². The third kappa shape index (κ3) is 4.69. The van der Waals surface area contributed by atoms with Crippen molar-refractivity contribution >= 4 is 23.2 Å². The number of aromatic nitrogens is 1. The van der Waals surface area contributed by atoms with E-state index in [-0.39, 0.29) is 17.9 Å². The smallest absolute Gasteiger partial charge is 0.357 e. The van der Waals surface area contributed by atoms with E-state index in [2.05, 4.69) is 22.0 Å². The number of esters is 1. The van der Waals surface area contributed by atoms with Gasteiger partial charge in [0.15, 0.2) is 5.69 Å². The monoisotopic (exact) mass is 412 g/mol. The van der Waals surface area contributed by atoms with Crippen LogP contribution in [0.1, 0.15) is 72.4 Å². The number of benzene rings is 1. The Kier molecular flexibility index (Phi) is 6.28. The Labute approximate surface area is 176 Å². The van der Waals surface area contributed by atoms with E-state index in [0.717, 1.165) is 24.3 Å². The lowest BCUT2D eigenvalue weighted by Crippen LogP contribution is -2.42. The summed E-state index contributed by atoms with van der Waals surface area (Å²) < 4.78 is 5.05. The van der Waals surface area contributed by atoms with E-state index in [0.29, 0.717) is 24.8 Å². The molecule has 0 saturated heterocycles. The SMILES string of the molecule is CCOC(=O)c1csc(CN(C(=O)C2CC2c2ccccc2)C2CCCCC2)n1. The van der Waals surface area contributed by atoms with Crippen molar-refractivity contribution in [2.45, 2.75) is 64.0 Å². The zero-order valence-electron chi connectivity index (χ0n) is 16.9. The number of carbonyl (C=O) groups excluding carboxylic acids is 2. The molecule has 1 heterocycles. The molecule has 29 heavy (non-hydrogen) atoms. The lowest BCUT2D eigenvalue weighted by atomic mass is 9.93. The molecule has 4 rings (SSSR count). The quantitative estimate of drug-likeness (QED) is 0.614. The molecular weight excluding hydrogens is 384 g/mol. The summed E-state index contributed by atoms with van der Waals surface area (Å²) in [7, 11) is 0. The van der Waals surface area contributed by atoms with Crippen molar-refractivity contribution < 1.29 is 14.3 Å². The summed E-state index contributed by atoms with van der Waals surface area (Å²) in [4.78, 5) is 31.9. The minimum Gasteiger partial charge on any atom is -0.461 e. The topological polar surface area (TPSA) is 59.5 Å². The highest BCUT2D eigenvalue weighted by Gasteiger charge is 2.47. The highest BCUT2D eigenvalue weighted by Crippen LogP contribution is 2.49. The normalized spacial score (nSPS) is 21.6. The van der Waals surface area contributed by atoms with E-state index in [9.17, 15) is 9.59 Å². The van der Waals surface area contributed by atoms with E-state index < -0.39 is 5.97 Å². The number of rotatable bonds is 7. The average Bonchev–Trinajstić information content (AvgIpc) is 3.43. The van der Waals surface area contributed by atoms with Crippen molar-refractivity contribution in [3.63, 3.8) is 0 Å². The summed E-state index contributed by atoms with van der Waals surface area (Å²) >= 11 is 1.44. The molecule has 2 saturated carbocycles. The molecule has 2 atom stereocenters. The minimum absolute atomic E-state index is 0.0730. The first-order chi connectivity index (χ1) is 14.2. The first-order valence-electron chi connectivity index (χ1n) is 10.6. The predicted molar refractivity (Wildman–Crippen MR) is 113 cm³/mol. The Bertz CT molecular complexity index is 845. The molecule has 154 valence electrons. The maximum Gasteiger partial charge on any atom is 0.357 e. The Morgan fingerprint density at radius 2 is 1.93 bits per heavy atom. The molecule has 0 N–H and O–H groups in total. The van der Waals surface area contributed by atoms with Crippen LogP contribution < -0.4 is 0 Å². The van der Waals surface area contributed by atoms with Crippen LogP contribution in [0.5, 0.6) is 0 Å². The van der Waals surface area contributed by atoms with Crippen LogP contribution in [0.3, 0.4) is 0 Å². The van der Waals surface area contributed by atoms with Gasteiger partial charge in [-0.2, -0.15) is 0 Å². The van der Waals surface area contributed by atoms with Crippen molar-refractivity contribution in [1.29, 1.82) is 0 Å². The Morgan fingerprint density at radius 1 is 1.17 bits per heavy atom. The van der Waals surface area contributed by atoms with Crippen LogP contribution in [0.4, 0.5) is 0 Å². The molecule has 2 aromatic rings. The third-order valence-electron chi connectivity index (χ3n) is 5.98. The molecule has 2 fully saturated rings. The van der Waals surface area contributed by atoms with Crippen molar-refractivity contribution in [2.75, 3.05) is 6.61 Å². The molecule has 2 aliphatic carbocycles. The Hall–Kier alpha value is -2.21. The fourth-order valence-corrected chi connectivity index (χ4v) is 5.12. The molecule has 5 nitrogen and oxygen atoms in total. The second kappa shape index (κ2) is 9.08.